The minimum atomic E-state index is -0.444. The van der Waals surface area contributed by atoms with Crippen LogP contribution in [0.15, 0.2) is 18.2 Å². The van der Waals surface area contributed by atoms with Crippen LogP contribution < -0.4 is 5.32 Å². The minimum Gasteiger partial charge on any atom is -0.331 e. The van der Waals surface area contributed by atoms with Crippen molar-refractivity contribution in [3.05, 3.63) is 39.4 Å². The summed E-state index contributed by atoms with van der Waals surface area (Å²) in [6.07, 6.45) is 2.89. The maximum atomic E-state index is 12.9. The summed E-state index contributed by atoms with van der Waals surface area (Å²) in [6.45, 7) is 3.36. The summed E-state index contributed by atoms with van der Waals surface area (Å²) in [5.41, 5.74) is 0.698. The third-order valence-corrected chi connectivity index (χ3v) is 4.54. The standard InChI is InChI=1S/C15H19N3O3/c1-10-3-2-4-13(14(10)18(20)21)15(19)17-11-5-6-12(17)9-16-8-7-11/h2-4,11-12,16H,5-9H2,1H3. The van der Waals surface area contributed by atoms with Crippen molar-refractivity contribution >= 4 is 11.6 Å². The summed E-state index contributed by atoms with van der Waals surface area (Å²) >= 11 is 0. The summed E-state index contributed by atoms with van der Waals surface area (Å²) in [4.78, 5) is 25.6. The molecule has 0 spiro atoms. The smallest absolute Gasteiger partial charge is 0.285 e. The predicted octanol–water partition coefficient (Wildman–Crippen LogP) is 1.87. The van der Waals surface area contributed by atoms with E-state index in [2.05, 4.69) is 5.32 Å². The lowest BCUT2D eigenvalue weighted by atomic mass is 10.1. The molecule has 1 aromatic carbocycles. The molecule has 2 heterocycles. The fourth-order valence-electron chi connectivity index (χ4n) is 3.53. The number of carbonyl (C=O) groups is 1. The summed E-state index contributed by atoms with van der Waals surface area (Å²) < 4.78 is 0. The molecule has 1 amide bonds. The average molecular weight is 289 g/mol. The van der Waals surface area contributed by atoms with Crippen LogP contribution in [-0.4, -0.2) is 40.9 Å². The SMILES string of the molecule is Cc1cccc(C(=O)N2C3CCNCC2CC3)c1[N+](=O)[O-]. The lowest BCUT2D eigenvalue weighted by molar-refractivity contribution is -0.385. The molecule has 2 atom stereocenters. The topological polar surface area (TPSA) is 75.5 Å². The Morgan fingerprint density at radius 3 is 2.86 bits per heavy atom. The van der Waals surface area contributed by atoms with Crippen molar-refractivity contribution in [3.8, 4) is 0 Å². The molecule has 0 saturated carbocycles. The van der Waals surface area contributed by atoms with Crippen LogP contribution in [-0.2, 0) is 0 Å². The molecule has 0 aliphatic carbocycles. The van der Waals surface area contributed by atoms with E-state index in [1.165, 1.54) is 0 Å². The Balaban J connectivity index is 1.99. The molecule has 6 nitrogen and oxygen atoms in total. The molecule has 6 heteroatoms. The number of rotatable bonds is 2. The van der Waals surface area contributed by atoms with Gasteiger partial charge in [-0.05, 0) is 38.8 Å². The summed E-state index contributed by atoms with van der Waals surface area (Å²) in [7, 11) is 0. The number of aryl methyl sites for hydroxylation is 1. The molecule has 2 unspecified atom stereocenters. The van der Waals surface area contributed by atoms with Gasteiger partial charge in [-0.15, -0.1) is 0 Å². The van der Waals surface area contributed by atoms with Gasteiger partial charge in [0, 0.05) is 24.2 Å². The first-order chi connectivity index (χ1) is 10.1. The van der Waals surface area contributed by atoms with Gasteiger partial charge < -0.3 is 10.2 Å². The van der Waals surface area contributed by atoms with Crippen LogP contribution in [0.4, 0.5) is 5.69 Å². The Morgan fingerprint density at radius 1 is 1.33 bits per heavy atom. The molecule has 3 rings (SSSR count). The van der Waals surface area contributed by atoms with Gasteiger partial charge in [-0.1, -0.05) is 12.1 Å². The molecule has 0 aromatic heterocycles. The number of nitro benzene ring substituents is 1. The Bertz CT molecular complexity index is 574. The molecule has 2 aliphatic heterocycles. The van der Waals surface area contributed by atoms with Gasteiger partial charge in [0.2, 0.25) is 0 Å². The van der Waals surface area contributed by atoms with E-state index in [0.29, 0.717) is 5.56 Å². The Morgan fingerprint density at radius 2 is 2.10 bits per heavy atom. The molecule has 2 saturated heterocycles. The van der Waals surface area contributed by atoms with E-state index >= 15 is 0 Å². The van der Waals surface area contributed by atoms with Crippen LogP contribution in [0.5, 0.6) is 0 Å². The highest BCUT2D eigenvalue weighted by Crippen LogP contribution is 2.32. The maximum Gasteiger partial charge on any atom is 0.285 e. The lowest BCUT2D eigenvalue weighted by Crippen LogP contribution is -2.42. The average Bonchev–Trinajstić information content (AvgIpc) is 2.70. The van der Waals surface area contributed by atoms with Gasteiger partial charge >= 0.3 is 0 Å². The predicted molar refractivity (Wildman–Crippen MR) is 78.3 cm³/mol. The van der Waals surface area contributed by atoms with Crippen molar-refractivity contribution in [2.75, 3.05) is 13.1 Å². The largest absolute Gasteiger partial charge is 0.331 e. The van der Waals surface area contributed by atoms with Crippen molar-refractivity contribution in [3.63, 3.8) is 0 Å². The van der Waals surface area contributed by atoms with Gasteiger partial charge in [-0.3, -0.25) is 14.9 Å². The highest BCUT2D eigenvalue weighted by atomic mass is 16.6. The normalized spacial score (nSPS) is 24.7. The molecular formula is C15H19N3O3. The second-order valence-corrected chi connectivity index (χ2v) is 5.82. The fourth-order valence-corrected chi connectivity index (χ4v) is 3.53. The van der Waals surface area contributed by atoms with Crippen LogP contribution in [0.2, 0.25) is 0 Å². The van der Waals surface area contributed by atoms with Gasteiger partial charge in [-0.2, -0.15) is 0 Å². The van der Waals surface area contributed by atoms with E-state index in [1.54, 1.807) is 25.1 Å². The highest BCUT2D eigenvalue weighted by molar-refractivity contribution is 5.99. The van der Waals surface area contributed by atoms with E-state index in [0.717, 1.165) is 32.4 Å². The van der Waals surface area contributed by atoms with Crippen molar-refractivity contribution in [2.45, 2.75) is 38.3 Å². The number of hydrogen-bond donors (Lipinski definition) is 1. The van der Waals surface area contributed by atoms with E-state index in [-0.39, 0.29) is 29.2 Å². The molecule has 1 aromatic rings. The molecule has 2 aliphatic rings. The Labute approximate surface area is 123 Å². The number of amides is 1. The van der Waals surface area contributed by atoms with Crippen LogP contribution in [0.1, 0.15) is 35.2 Å². The van der Waals surface area contributed by atoms with Crippen molar-refractivity contribution < 1.29 is 9.72 Å². The molecule has 2 bridgehead atoms. The van der Waals surface area contributed by atoms with E-state index in [4.69, 9.17) is 0 Å². The number of benzene rings is 1. The second kappa shape index (κ2) is 5.44. The van der Waals surface area contributed by atoms with Gasteiger partial charge in [0.25, 0.3) is 11.6 Å². The van der Waals surface area contributed by atoms with Crippen molar-refractivity contribution in [1.29, 1.82) is 0 Å². The first-order valence-corrected chi connectivity index (χ1v) is 7.37. The zero-order valence-electron chi connectivity index (χ0n) is 12.0. The van der Waals surface area contributed by atoms with Gasteiger partial charge in [0.1, 0.15) is 5.56 Å². The third kappa shape index (κ3) is 2.40. The quantitative estimate of drug-likeness (QED) is 0.666. The number of nitrogens with one attached hydrogen (secondary N) is 1. The van der Waals surface area contributed by atoms with Crippen LogP contribution in [0.3, 0.4) is 0 Å². The maximum absolute atomic E-state index is 12.9. The number of fused-ring (bicyclic) bond motifs is 2. The Hall–Kier alpha value is -1.95. The van der Waals surface area contributed by atoms with E-state index < -0.39 is 4.92 Å². The highest BCUT2D eigenvalue weighted by Gasteiger charge is 2.40. The molecule has 0 radical (unpaired) electrons. The molecular weight excluding hydrogens is 270 g/mol. The van der Waals surface area contributed by atoms with Gasteiger partial charge in [0.05, 0.1) is 4.92 Å². The van der Waals surface area contributed by atoms with Crippen molar-refractivity contribution in [1.82, 2.24) is 10.2 Å². The van der Waals surface area contributed by atoms with Crippen molar-refractivity contribution in [2.24, 2.45) is 0 Å². The van der Waals surface area contributed by atoms with E-state index in [9.17, 15) is 14.9 Å². The third-order valence-electron chi connectivity index (χ3n) is 4.54. The fraction of sp³-hybridized carbons (Fsp3) is 0.533. The molecule has 2 fully saturated rings. The monoisotopic (exact) mass is 289 g/mol. The van der Waals surface area contributed by atoms with E-state index in [1.807, 2.05) is 4.90 Å². The zero-order chi connectivity index (χ0) is 15.0. The number of hydrogen-bond acceptors (Lipinski definition) is 4. The summed E-state index contributed by atoms with van der Waals surface area (Å²) in [5.74, 6) is -0.193. The zero-order valence-corrected chi connectivity index (χ0v) is 12.0. The van der Waals surface area contributed by atoms with Gasteiger partial charge in [0.15, 0.2) is 0 Å². The van der Waals surface area contributed by atoms with Crippen LogP contribution in [0.25, 0.3) is 0 Å². The first kappa shape index (κ1) is 14.0. The lowest BCUT2D eigenvalue weighted by Gasteiger charge is -2.28. The minimum absolute atomic E-state index is 0.0564. The van der Waals surface area contributed by atoms with Crippen LogP contribution in [0, 0.1) is 17.0 Å². The molecule has 112 valence electrons. The van der Waals surface area contributed by atoms with Gasteiger partial charge in [-0.25, -0.2) is 0 Å². The number of nitro groups is 1. The number of carbonyl (C=O) groups excluding carboxylic acids is 1. The molecule has 1 N–H and O–H groups in total. The summed E-state index contributed by atoms with van der Waals surface area (Å²) in [5, 5.41) is 14.6. The van der Waals surface area contributed by atoms with Crippen LogP contribution >= 0.6 is 0 Å². The second-order valence-electron chi connectivity index (χ2n) is 5.82. The Kier molecular flexibility index (Phi) is 3.63. The number of nitrogens with zero attached hydrogens (tertiary/aromatic N) is 2. The first-order valence-electron chi connectivity index (χ1n) is 7.37. The number of para-hydroxylation sites is 1. The summed E-state index contributed by atoms with van der Waals surface area (Å²) in [6, 6.07) is 5.33. The molecule has 21 heavy (non-hydrogen) atoms.